The van der Waals surface area contributed by atoms with Crippen LogP contribution in [0.2, 0.25) is 5.02 Å². The minimum Gasteiger partial charge on any atom is -0.496 e. The first-order valence-electron chi connectivity index (χ1n) is 9.64. The molecule has 1 heterocycles. The van der Waals surface area contributed by atoms with Crippen molar-refractivity contribution in [2.45, 2.75) is 16.8 Å². The van der Waals surface area contributed by atoms with Gasteiger partial charge in [-0.3, -0.25) is 4.57 Å². The Morgan fingerprint density at radius 2 is 1.71 bits per heavy atom. The number of methoxy groups -OCH3 is 1. The Bertz CT molecular complexity index is 1200. The second-order valence-corrected chi connectivity index (χ2v) is 8.35. The highest BCUT2D eigenvalue weighted by Gasteiger charge is 2.22. The highest BCUT2D eigenvalue weighted by Crippen LogP contribution is 2.35. The summed E-state index contributed by atoms with van der Waals surface area (Å²) in [7, 11) is 1.63. The molecule has 0 amide bonds. The zero-order chi connectivity index (χ0) is 21.6. The highest BCUT2D eigenvalue weighted by atomic mass is 35.5. The molecule has 0 saturated carbocycles. The van der Waals surface area contributed by atoms with E-state index >= 15 is 0 Å². The minimum atomic E-state index is -0.317. The van der Waals surface area contributed by atoms with Crippen LogP contribution in [-0.2, 0) is 6.42 Å². The molecule has 5 nitrogen and oxygen atoms in total. The first-order chi connectivity index (χ1) is 15.2. The minimum absolute atomic E-state index is 0.317. The normalized spacial score (nSPS) is 11.6. The topological polar surface area (TPSA) is 63.7 Å². The van der Waals surface area contributed by atoms with Crippen LogP contribution in [-0.4, -0.2) is 27.1 Å². The quantitative estimate of drug-likeness (QED) is 0.334. The SMILES string of the molecule is COc1ccccc1-c1nnc(SC(C#N)Cc2ccccc2)n1-c1ccc(Cl)cc1. The molecule has 0 aliphatic carbocycles. The van der Waals surface area contributed by atoms with Gasteiger partial charge in [-0.2, -0.15) is 5.26 Å². The molecular weight excluding hydrogens is 428 g/mol. The van der Waals surface area contributed by atoms with Crippen LogP contribution in [0.25, 0.3) is 17.1 Å². The maximum absolute atomic E-state index is 9.79. The van der Waals surface area contributed by atoms with Gasteiger partial charge in [0.25, 0.3) is 0 Å². The van der Waals surface area contributed by atoms with Gasteiger partial charge in [-0.15, -0.1) is 10.2 Å². The summed E-state index contributed by atoms with van der Waals surface area (Å²) in [6.07, 6.45) is 0.611. The number of halogens is 1. The van der Waals surface area contributed by atoms with E-state index in [4.69, 9.17) is 16.3 Å². The van der Waals surface area contributed by atoms with Gasteiger partial charge in [-0.25, -0.2) is 0 Å². The summed E-state index contributed by atoms with van der Waals surface area (Å²) >= 11 is 7.50. The number of para-hydroxylation sites is 1. The number of ether oxygens (including phenoxy) is 1. The molecule has 154 valence electrons. The third-order valence-electron chi connectivity index (χ3n) is 4.72. The van der Waals surface area contributed by atoms with Crippen LogP contribution in [0.1, 0.15) is 5.56 Å². The molecule has 1 aromatic heterocycles. The van der Waals surface area contributed by atoms with Gasteiger partial charge in [0, 0.05) is 10.7 Å². The van der Waals surface area contributed by atoms with Crippen molar-refractivity contribution in [2.75, 3.05) is 7.11 Å². The third kappa shape index (κ3) is 4.74. The molecule has 0 aliphatic heterocycles. The maximum Gasteiger partial charge on any atom is 0.197 e. The number of rotatable bonds is 7. The fourth-order valence-electron chi connectivity index (χ4n) is 3.24. The molecule has 3 aromatic carbocycles. The Hall–Kier alpha value is -3.27. The van der Waals surface area contributed by atoms with Crippen molar-refractivity contribution in [2.24, 2.45) is 0 Å². The number of nitriles is 1. The molecule has 0 aliphatic rings. The second kappa shape index (κ2) is 9.69. The Morgan fingerprint density at radius 1 is 1.00 bits per heavy atom. The van der Waals surface area contributed by atoms with E-state index in [0.717, 1.165) is 16.8 Å². The summed E-state index contributed by atoms with van der Waals surface area (Å²) in [5, 5.41) is 19.6. The summed E-state index contributed by atoms with van der Waals surface area (Å²) in [5.41, 5.74) is 2.77. The van der Waals surface area contributed by atoms with Gasteiger partial charge in [0.05, 0.1) is 18.7 Å². The average molecular weight is 447 g/mol. The first kappa shape index (κ1) is 21.0. The van der Waals surface area contributed by atoms with Crippen molar-refractivity contribution in [1.82, 2.24) is 14.8 Å². The van der Waals surface area contributed by atoms with Crippen LogP contribution in [0.3, 0.4) is 0 Å². The number of thioether (sulfide) groups is 1. The molecule has 4 aromatic rings. The van der Waals surface area contributed by atoms with Crippen LogP contribution in [0.5, 0.6) is 5.75 Å². The lowest BCUT2D eigenvalue weighted by molar-refractivity contribution is 0.416. The standard InChI is InChI=1S/C24H19ClN4OS/c1-30-22-10-6-5-9-21(22)23-27-28-24(29(23)19-13-11-18(25)12-14-19)31-20(16-26)15-17-7-3-2-4-8-17/h2-14,20H,15H2,1H3. The van der Waals surface area contributed by atoms with Crippen molar-refractivity contribution in [3.05, 3.63) is 89.4 Å². The van der Waals surface area contributed by atoms with Crippen LogP contribution < -0.4 is 4.74 Å². The molecule has 1 unspecified atom stereocenters. The van der Waals surface area contributed by atoms with Crippen molar-refractivity contribution in [3.63, 3.8) is 0 Å². The second-order valence-electron chi connectivity index (χ2n) is 6.74. The van der Waals surface area contributed by atoms with E-state index in [2.05, 4.69) is 16.3 Å². The van der Waals surface area contributed by atoms with Gasteiger partial charge >= 0.3 is 0 Å². The van der Waals surface area contributed by atoms with Crippen molar-refractivity contribution in [3.8, 4) is 28.9 Å². The molecule has 0 spiro atoms. The van der Waals surface area contributed by atoms with Gasteiger partial charge in [0.2, 0.25) is 0 Å². The van der Waals surface area contributed by atoms with Crippen molar-refractivity contribution >= 4 is 23.4 Å². The Labute approximate surface area is 190 Å². The van der Waals surface area contributed by atoms with E-state index in [1.54, 1.807) is 7.11 Å². The summed E-state index contributed by atoms with van der Waals surface area (Å²) in [6.45, 7) is 0. The van der Waals surface area contributed by atoms with E-state index in [9.17, 15) is 5.26 Å². The number of hydrogen-bond acceptors (Lipinski definition) is 5. The predicted octanol–water partition coefficient (Wildman–Crippen LogP) is 5.82. The Kier molecular flexibility index (Phi) is 6.56. The van der Waals surface area contributed by atoms with E-state index in [1.165, 1.54) is 11.8 Å². The predicted molar refractivity (Wildman–Crippen MR) is 124 cm³/mol. The lowest BCUT2D eigenvalue weighted by atomic mass is 10.1. The largest absolute Gasteiger partial charge is 0.496 e. The lowest BCUT2D eigenvalue weighted by Gasteiger charge is -2.14. The molecule has 31 heavy (non-hydrogen) atoms. The van der Waals surface area contributed by atoms with Gasteiger partial charge in [-0.05, 0) is 48.4 Å². The lowest BCUT2D eigenvalue weighted by Crippen LogP contribution is -2.07. The van der Waals surface area contributed by atoms with Gasteiger partial charge in [0.15, 0.2) is 11.0 Å². The van der Waals surface area contributed by atoms with Crippen LogP contribution in [0, 0.1) is 11.3 Å². The summed E-state index contributed by atoms with van der Waals surface area (Å²) < 4.78 is 7.48. The number of nitrogens with zero attached hydrogens (tertiary/aromatic N) is 4. The first-order valence-corrected chi connectivity index (χ1v) is 10.9. The van der Waals surface area contributed by atoms with E-state index in [-0.39, 0.29) is 5.25 Å². The van der Waals surface area contributed by atoms with E-state index < -0.39 is 0 Å². The molecule has 0 bridgehead atoms. The molecule has 0 radical (unpaired) electrons. The number of benzene rings is 3. The third-order valence-corrected chi connectivity index (χ3v) is 6.01. The number of hydrogen-bond donors (Lipinski definition) is 0. The van der Waals surface area contributed by atoms with Crippen molar-refractivity contribution < 1.29 is 4.74 Å². The van der Waals surface area contributed by atoms with E-state index in [0.29, 0.717) is 28.2 Å². The molecule has 0 fully saturated rings. The monoisotopic (exact) mass is 446 g/mol. The van der Waals surface area contributed by atoms with Gasteiger partial charge < -0.3 is 4.74 Å². The van der Waals surface area contributed by atoms with E-state index in [1.807, 2.05) is 83.4 Å². The summed E-state index contributed by atoms with van der Waals surface area (Å²) in [4.78, 5) is 0. The van der Waals surface area contributed by atoms with Gasteiger partial charge in [0.1, 0.15) is 11.0 Å². The Morgan fingerprint density at radius 3 is 2.42 bits per heavy atom. The molecule has 0 N–H and O–H groups in total. The molecular formula is C24H19ClN4OS. The molecule has 4 rings (SSSR count). The van der Waals surface area contributed by atoms with Crippen LogP contribution >= 0.6 is 23.4 Å². The summed E-state index contributed by atoms with van der Waals surface area (Å²) in [5.74, 6) is 1.33. The average Bonchev–Trinajstić information content (AvgIpc) is 3.23. The van der Waals surface area contributed by atoms with Crippen LogP contribution in [0.15, 0.2) is 84.0 Å². The molecule has 0 saturated heterocycles. The highest BCUT2D eigenvalue weighted by molar-refractivity contribution is 8.00. The van der Waals surface area contributed by atoms with Crippen LogP contribution in [0.4, 0.5) is 0 Å². The smallest absolute Gasteiger partial charge is 0.197 e. The molecule has 7 heteroatoms. The Balaban J connectivity index is 1.76. The maximum atomic E-state index is 9.79. The van der Waals surface area contributed by atoms with Crippen molar-refractivity contribution in [1.29, 1.82) is 5.26 Å². The fraction of sp³-hybridized carbons (Fsp3) is 0.125. The summed E-state index contributed by atoms with van der Waals surface area (Å²) in [6, 6.07) is 27.5. The zero-order valence-corrected chi connectivity index (χ0v) is 18.3. The van der Waals surface area contributed by atoms with Gasteiger partial charge in [-0.1, -0.05) is 65.8 Å². The number of aromatic nitrogens is 3. The zero-order valence-electron chi connectivity index (χ0n) is 16.8. The fourth-order valence-corrected chi connectivity index (χ4v) is 4.34. The molecule has 1 atom stereocenters.